The molecule has 2 aromatic carbocycles. The second kappa shape index (κ2) is 15.2. The van der Waals surface area contributed by atoms with E-state index in [0.717, 1.165) is 33.5 Å². The first-order valence-electron chi connectivity index (χ1n) is 13.4. The van der Waals surface area contributed by atoms with Crippen LogP contribution in [0.2, 0.25) is 0 Å². The third kappa shape index (κ3) is 10.1. The number of hydrogen-bond donors (Lipinski definition) is 1. The van der Waals surface area contributed by atoms with Gasteiger partial charge in [0.05, 0.1) is 41.4 Å². The Kier molecular flexibility index (Phi) is 11.7. The fourth-order valence-corrected chi connectivity index (χ4v) is 4.77. The lowest BCUT2D eigenvalue weighted by atomic mass is 10.1. The van der Waals surface area contributed by atoms with E-state index in [9.17, 15) is 36.4 Å². The number of unbranched alkanes of at least 4 members (excludes halogenated alkanes) is 1. The zero-order valence-electron chi connectivity index (χ0n) is 24.5. The predicted molar refractivity (Wildman–Crippen MR) is 151 cm³/mol. The first-order chi connectivity index (χ1) is 21.2. The number of carbonyl (C=O) groups is 2. The van der Waals surface area contributed by atoms with Crippen LogP contribution in [0.25, 0.3) is 16.9 Å². The Balaban J connectivity index is 1.56. The zero-order valence-corrected chi connectivity index (χ0v) is 25.3. The number of halogens is 3. The zero-order chi connectivity index (χ0) is 33.2. The van der Waals surface area contributed by atoms with Crippen LogP contribution in [-0.4, -0.2) is 67.2 Å². The number of sulfonamides is 1. The lowest BCUT2D eigenvalue weighted by Gasteiger charge is -2.13. The molecule has 1 N–H and O–H groups in total. The summed E-state index contributed by atoms with van der Waals surface area (Å²) in [5, 5.41) is 19.8. The predicted octanol–water partition coefficient (Wildman–Crippen LogP) is 4.71. The molecule has 14 nitrogen and oxygen atoms in total. The molecule has 1 heterocycles. The Morgan fingerprint density at radius 1 is 1.09 bits per heavy atom. The number of benzene rings is 2. The molecule has 0 aliphatic heterocycles. The van der Waals surface area contributed by atoms with Gasteiger partial charge < -0.3 is 19.5 Å². The van der Waals surface area contributed by atoms with Gasteiger partial charge in [-0.15, -0.1) is 5.01 Å². The molecule has 3 rings (SSSR count). The summed E-state index contributed by atoms with van der Waals surface area (Å²) in [4.78, 5) is 27.7. The number of alkyl halides is 3. The molecule has 0 atom stereocenters. The van der Waals surface area contributed by atoms with E-state index in [1.54, 1.807) is 31.2 Å². The Bertz CT molecular complexity index is 1590. The molecule has 0 saturated carbocycles. The van der Waals surface area contributed by atoms with Crippen molar-refractivity contribution in [3.8, 4) is 16.9 Å². The van der Waals surface area contributed by atoms with Crippen LogP contribution >= 0.6 is 0 Å². The lowest BCUT2D eigenvalue weighted by Crippen LogP contribution is -2.31. The summed E-state index contributed by atoms with van der Waals surface area (Å²) in [6.45, 7) is 3.01. The van der Waals surface area contributed by atoms with Gasteiger partial charge in [-0.3, -0.25) is 4.79 Å². The van der Waals surface area contributed by atoms with Crippen molar-refractivity contribution in [2.24, 2.45) is 5.28 Å². The standard InChI is InChI=1S/C27H31F3N6O8S/c1-4-42-26(38)43-18-44-33-36(39)34(3)16-6-5-7-25(37)32-45(40,41)22-14-12-21(13-15-22)35-23(17-24(31-35)27(28,29)30)20-10-8-19(2)9-11-20/h8-15,17H,4-7,16,18H2,1-3H3,(H,32,37)/b36-33-. The fourth-order valence-electron chi connectivity index (χ4n) is 3.75. The highest BCUT2D eigenvalue weighted by Gasteiger charge is 2.35. The van der Waals surface area contributed by atoms with Crippen LogP contribution in [0.1, 0.15) is 37.4 Å². The first-order valence-corrected chi connectivity index (χ1v) is 14.9. The van der Waals surface area contributed by atoms with Crippen molar-refractivity contribution >= 4 is 22.1 Å². The molecule has 0 aliphatic carbocycles. The smallest absolute Gasteiger partial charge is 0.511 e. The lowest BCUT2D eigenvalue weighted by molar-refractivity contribution is -0.706. The van der Waals surface area contributed by atoms with Gasteiger partial charge in [0.1, 0.15) is 0 Å². The van der Waals surface area contributed by atoms with Crippen molar-refractivity contribution in [1.29, 1.82) is 0 Å². The molecule has 0 aliphatic rings. The van der Waals surface area contributed by atoms with Gasteiger partial charge in [0.25, 0.3) is 16.8 Å². The second-order valence-corrected chi connectivity index (χ2v) is 11.1. The Morgan fingerprint density at radius 3 is 2.38 bits per heavy atom. The SMILES string of the molecule is CCOC(=O)OCO/N=[N+](\[O-])N(C)CCCCC(=O)NS(=O)(=O)c1ccc(-n2nc(C(F)(F)F)cc2-c2ccc(C)cc2)cc1. The maximum atomic E-state index is 13.5. The Labute approximate surface area is 256 Å². The van der Waals surface area contributed by atoms with Gasteiger partial charge in [-0.05, 0) is 57.0 Å². The number of aryl methyl sites for hydroxylation is 1. The minimum atomic E-state index is -4.70. The number of nitrogens with one attached hydrogen (secondary N) is 1. The number of carbonyl (C=O) groups excluding carboxylic acids is 2. The highest BCUT2D eigenvalue weighted by atomic mass is 32.2. The summed E-state index contributed by atoms with van der Waals surface area (Å²) in [6, 6.07) is 12.6. The summed E-state index contributed by atoms with van der Waals surface area (Å²) in [5.41, 5.74) is 0.606. The van der Waals surface area contributed by atoms with Gasteiger partial charge in [0, 0.05) is 12.0 Å². The maximum absolute atomic E-state index is 13.5. The number of rotatable bonds is 14. The summed E-state index contributed by atoms with van der Waals surface area (Å²) < 4.78 is 77.9. The van der Waals surface area contributed by atoms with Crippen LogP contribution in [0.4, 0.5) is 18.0 Å². The summed E-state index contributed by atoms with van der Waals surface area (Å²) in [5.74, 6) is -0.798. The molecule has 45 heavy (non-hydrogen) atoms. The highest BCUT2D eigenvalue weighted by molar-refractivity contribution is 7.90. The first kappa shape index (κ1) is 34.6. The van der Waals surface area contributed by atoms with Crippen molar-refractivity contribution in [3.63, 3.8) is 0 Å². The van der Waals surface area contributed by atoms with Gasteiger partial charge in [0.15, 0.2) is 5.69 Å². The molecule has 0 spiro atoms. The van der Waals surface area contributed by atoms with Crippen molar-refractivity contribution in [2.45, 2.75) is 44.2 Å². The van der Waals surface area contributed by atoms with Gasteiger partial charge in [-0.2, -0.15) is 18.3 Å². The number of nitrogens with zero attached hydrogens (tertiary/aromatic N) is 5. The van der Waals surface area contributed by atoms with E-state index < -0.39 is 40.7 Å². The van der Waals surface area contributed by atoms with Crippen molar-refractivity contribution in [1.82, 2.24) is 19.5 Å². The molecular weight excluding hydrogens is 625 g/mol. The number of ether oxygens (including phenoxy) is 2. The van der Waals surface area contributed by atoms with Gasteiger partial charge in [-0.25, -0.2) is 22.6 Å². The minimum Gasteiger partial charge on any atom is -0.569 e. The molecular formula is C27H31F3N6O8S. The Hall–Kier alpha value is -4.87. The molecule has 244 valence electrons. The van der Waals surface area contributed by atoms with E-state index in [2.05, 4.69) is 24.7 Å². The quantitative estimate of drug-likeness (QED) is 0.0641. The van der Waals surface area contributed by atoms with Crippen molar-refractivity contribution < 1.29 is 50.5 Å². The van der Waals surface area contributed by atoms with E-state index >= 15 is 0 Å². The monoisotopic (exact) mass is 656 g/mol. The van der Waals surface area contributed by atoms with Crippen molar-refractivity contribution in [3.05, 3.63) is 71.1 Å². The summed E-state index contributed by atoms with van der Waals surface area (Å²) in [7, 11) is -2.90. The van der Waals surface area contributed by atoms with E-state index in [-0.39, 0.29) is 47.2 Å². The average molecular weight is 657 g/mol. The third-order valence-corrected chi connectivity index (χ3v) is 7.42. The van der Waals surface area contributed by atoms with Crippen LogP contribution in [0.5, 0.6) is 0 Å². The third-order valence-electron chi connectivity index (χ3n) is 6.03. The van der Waals surface area contributed by atoms with Crippen LogP contribution < -0.4 is 4.72 Å². The molecule has 1 amide bonds. The van der Waals surface area contributed by atoms with Crippen LogP contribution in [-0.2, 0) is 35.3 Å². The number of aromatic nitrogens is 2. The molecule has 1 aromatic heterocycles. The van der Waals surface area contributed by atoms with Gasteiger partial charge >= 0.3 is 12.3 Å². The number of hydrazine groups is 1. The Morgan fingerprint density at radius 2 is 1.76 bits per heavy atom. The minimum absolute atomic E-state index is 0.0968. The maximum Gasteiger partial charge on any atom is 0.511 e. The number of hydrogen-bond acceptors (Lipinski definition) is 10. The fraction of sp³-hybridized carbons (Fsp3) is 0.370. The summed E-state index contributed by atoms with van der Waals surface area (Å²) in [6.07, 6.45) is -5.35. The van der Waals surface area contributed by atoms with E-state index in [0.29, 0.717) is 12.0 Å². The van der Waals surface area contributed by atoms with Crippen LogP contribution in [0.15, 0.2) is 64.8 Å². The topological polar surface area (TPSA) is 167 Å². The molecule has 0 fully saturated rings. The van der Waals surface area contributed by atoms with E-state index in [1.165, 1.54) is 19.2 Å². The van der Waals surface area contributed by atoms with E-state index in [4.69, 9.17) is 0 Å². The molecule has 0 saturated heterocycles. The molecule has 0 unspecified atom stereocenters. The average Bonchev–Trinajstić information content (AvgIpc) is 3.44. The molecule has 18 heteroatoms. The van der Waals surface area contributed by atoms with Gasteiger partial charge in [-0.1, -0.05) is 29.8 Å². The highest BCUT2D eigenvalue weighted by Crippen LogP contribution is 2.33. The van der Waals surface area contributed by atoms with E-state index in [1.807, 2.05) is 11.6 Å². The second-order valence-electron chi connectivity index (χ2n) is 9.46. The molecule has 3 aromatic rings. The largest absolute Gasteiger partial charge is 0.569 e. The van der Waals surface area contributed by atoms with Crippen LogP contribution in [0, 0.1) is 12.1 Å². The van der Waals surface area contributed by atoms with Gasteiger partial charge in [0.2, 0.25) is 11.2 Å². The summed E-state index contributed by atoms with van der Waals surface area (Å²) >= 11 is 0. The number of amides is 1. The van der Waals surface area contributed by atoms with Crippen LogP contribution in [0.3, 0.4) is 0 Å². The van der Waals surface area contributed by atoms with Crippen molar-refractivity contribution in [2.75, 3.05) is 27.0 Å². The molecule has 0 bridgehead atoms. The molecule has 0 radical (unpaired) electrons. The normalized spacial score (nSPS) is 12.0.